The molecule has 4 nitrogen and oxygen atoms in total. The van der Waals surface area contributed by atoms with Crippen molar-refractivity contribution in [3.8, 4) is 0 Å². The molecule has 0 aliphatic carbocycles. The molecule has 0 amide bonds. The van der Waals surface area contributed by atoms with E-state index in [4.69, 9.17) is 10.8 Å². The van der Waals surface area contributed by atoms with E-state index in [1.807, 2.05) is 0 Å². The Balaban J connectivity index is 2.74. The predicted octanol–water partition coefficient (Wildman–Crippen LogP) is -0.238. The molecule has 0 aromatic rings. The molecule has 0 bridgehead atoms. The zero-order valence-corrected chi connectivity index (χ0v) is 6.92. The smallest absolute Gasteiger partial charge is 0.173 e. The highest BCUT2D eigenvalue weighted by Gasteiger charge is 2.40. The first-order chi connectivity index (χ1) is 5.02. The van der Waals surface area contributed by atoms with Gasteiger partial charge >= 0.3 is 0 Å². The quantitative estimate of drug-likeness (QED) is 0.411. The first kappa shape index (κ1) is 8.93. The van der Waals surface area contributed by atoms with Gasteiger partial charge in [-0.15, -0.1) is 0 Å². The van der Waals surface area contributed by atoms with Crippen LogP contribution in [0.1, 0.15) is 19.3 Å². The van der Waals surface area contributed by atoms with Gasteiger partial charge in [0.15, 0.2) is 5.66 Å². The van der Waals surface area contributed by atoms with Crippen molar-refractivity contribution in [3.05, 3.63) is 5.21 Å². The summed E-state index contributed by atoms with van der Waals surface area (Å²) in [6, 6.07) is 0. The Labute approximate surface area is 66.8 Å². The summed E-state index contributed by atoms with van der Waals surface area (Å²) in [5, 5.41) is 20.6. The van der Waals surface area contributed by atoms with E-state index in [1.54, 1.807) is 0 Å². The van der Waals surface area contributed by atoms with Gasteiger partial charge in [0.05, 0.1) is 13.6 Å². The van der Waals surface area contributed by atoms with Crippen LogP contribution in [0.4, 0.5) is 0 Å². The lowest BCUT2D eigenvalue weighted by Crippen LogP contribution is -2.68. The average molecular weight is 160 g/mol. The van der Waals surface area contributed by atoms with E-state index in [2.05, 4.69) is 0 Å². The number of rotatable bonds is 1. The van der Waals surface area contributed by atoms with E-state index >= 15 is 0 Å². The molecule has 1 rings (SSSR count). The predicted molar refractivity (Wildman–Crippen MR) is 42.3 cm³/mol. The maximum Gasteiger partial charge on any atom is 0.173 e. The lowest BCUT2D eigenvalue weighted by molar-refractivity contribution is -0.920. The zero-order valence-electron chi connectivity index (χ0n) is 6.92. The number of hydroxylamine groups is 3. The van der Waals surface area contributed by atoms with Crippen molar-refractivity contribution in [1.82, 2.24) is 0 Å². The lowest BCUT2D eigenvalue weighted by atomic mass is 9.97. The summed E-state index contributed by atoms with van der Waals surface area (Å²) in [7, 11) is 1.54. The van der Waals surface area contributed by atoms with Crippen LogP contribution < -0.4 is 5.73 Å². The van der Waals surface area contributed by atoms with Gasteiger partial charge in [0, 0.05) is 6.42 Å². The molecule has 0 spiro atoms. The molecule has 2 unspecified atom stereocenters. The fourth-order valence-electron chi connectivity index (χ4n) is 1.53. The fraction of sp³-hybridized carbons (Fsp3) is 1.00. The highest BCUT2D eigenvalue weighted by Crippen LogP contribution is 2.27. The zero-order chi connectivity index (χ0) is 8.54. The summed E-state index contributed by atoms with van der Waals surface area (Å²) in [5.74, 6) is 0. The highest BCUT2D eigenvalue weighted by molar-refractivity contribution is 4.77. The SMILES string of the molecule is C[N+]1([O-])CCCCC1(N)CO. The van der Waals surface area contributed by atoms with Crippen molar-refractivity contribution in [3.63, 3.8) is 0 Å². The van der Waals surface area contributed by atoms with Crippen molar-refractivity contribution < 1.29 is 9.75 Å². The van der Waals surface area contributed by atoms with Crippen LogP contribution in [0.25, 0.3) is 0 Å². The molecular weight excluding hydrogens is 144 g/mol. The first-order valence-electron chi connectivity index (χ1n) is 3.98. The highest BCUT2D eigenvalue weighted by atomic mass is 16.6. The van der Waals surface area contributed by atoms with E-state index in [0.717, 1.165) is 12.8 Å². The van der Waals surface area contributed by atoms with Gasteiger partial charge in [-0.25, -0.2) is 0 Å². The molecule has 1 aliphatic rings. The molecule has 4 heteroatoms. The fourth-order valence-corrected chi connectivity index (χ4v) is 1.53. The first-order valence-corrected chi connectivity index (χ1v) is 3.98. The van der Waals surface area contributed by atoms with Crippen molar-refractivity contribution in [1.29, 1.82) is 0 Å². The van der Waals surface area contributed by atoms with E-state index < -0.39 is 10.3 Å². The molecule has 1 saturated heterocycles. The van der Waals surface area contributed by atoms with Crippen molar-refractivity contribution in [2.45, 2.75) is 24.9 Å². The molecule has 11 heavy (non-hydrogen) atoms. The maximum absolute atomic E-state index is 11.7. The molecule has 0 aromatic heterocycles. The Morgan fingerprint density at radius 2 is 2.27 bits per heavy atom. The second-order valence-corrected chi connectivity index (χ2v) is 3.54. The van der Waals surface area contributed by atoms with Gasteiger partial charge in [-0.1, -0.05) is 0 Å². The topological polar surface area (TPSA) is 69.3 Å². The van der Waals surface area contributed by atoms with Gasteiger partial charge in [0.25, 0.3) is 0 Å². The Kier molecular flexibility index (Phi) is 2.20. The number of nitrogens with two attached hydrogens (primary N) is 1. The van der Waals surface area contributed by atoms with Gasteiger partial charge in [-0.2, -0.15) is 0 Å². The third-order valence-corrected chi connectivity index (χ3v) is 2.66. The Morgan fingerprint density at radius 3 is 2.64 bits per heavy atom. The van der Waals surface area contributed by atoms with Crippen LogP contribution in [-0.2, 0) is 0 Å². The number of hydrogen-bond donors (Lipinski definition) is 2. The van der Waals surface area contributed by atoms with Gasteiger partial charge in [0.1, 0.15) is 6.61 Å². The monoisotopic (exact) mass is 160 g/mol. The summed E-state index contributed by atoms with van der Waals surface area (Å²) in [6.07, 6.45) is 2.50. The van der Waals surface area contributed by atoms with Crippen LogP contribution in [0.2, 0.25) is 0 Å². The number of nitrogens with zero attached hydrogens (tertiary/aromatic N) is 1. The Bertz CT molecular complexity index is 149. The summed E-state index contributed by atoms with van der Waals surface area (Å²) in [5.41, 5.74) is 4.80. The number of quaternary nitrogens is 1. The van der Waals surface area contributed by atoms with Crippen LogP contribution in [-0.4, -0.2) is 35.6 Å². The summed E-state index contributed by atoms with van der Waals surface area (Å²) >= 11 is 0. The molecule has 66 valence electrons. The maximum atomic E-state index is 11.7. The van der Waals surface area contributed by atoms with E-state index in [1.165, 1.54) is 7.05 Å². The van der Waals surface area contributed by atoms with Crippen LogP contribution in [0.3, 0.4) is 0 Å². The second-order valence-electron chi connectivity index (χ2n) is 3.54. The van der Waals surface area contributed by atoms with Crippen LogP contribution in [0.15, 0.2) is 0 Å². The number of hydrogen-bond acceptors (Lipinski definition) is 3. The van der Waals surface area contributed by atoms with Gasteiger partial charge in [0.2, 0.25) is 0 Å². The van der Waals surface area contributed by atoms with E-state index in [0.29, 0.717) is 13.0 Å². The number of piperidine rings is 1. The van der Waals surface area contributed by atoms with Gasteiger partial charge in [-0.05, 0) is 12.8 Å². The average Bonchev–Trinajstić information content (AvgIpc) is 1.95. The number of aliphatic hydroxyl groups excluding tert-OH is 1. The van der Waals surface area contributed by atoms with Gasteiger partial charge < -0.3 is 15.0 Å². The third-order valence-electron chi connectivity index (χ3n) is 2.66. The molecular formula is C7H16N2O2. The molecule has 1 heterocycles. The van der Waals surface area contributed by atoms with E-state index in [9.17, 15) is 5.21 Å². The van der Waals surface area contributed by atoms with Gasteiger partial charge in [-0.3, -0.25) is 5.73 Å². The van der Waals surface area contributed by atoms with Crippen LogP contribution in [0.5, 0.6) is 0 Å². The third kappa shape index (κ3) is 1.39. The summed E-state index contributed by atoms with van der Waals surface area (Å²) in [4.78, 5) is 0. The minimum Gasteiger partial charge on any atom is -0.632 e. The molecule has 0 radical (unpaired) electrons. The van der Waals surface area contributed by atoms with Crippen molar-refractivity contribution in [2.24, 2.45) is 5.73 Å². The van der Waals surface area contributed by atoms with Crippen LogP contribution in [0, 0.1) is 5.21 Å². The molecule has 1 aliphatic heterocycles. The lowest BCUT2D eigenvalue weighted by Gasteiger charge is -2.54. The second kappa shape index (κ2) is 2.71. The van der Waals surface area contributed by atoms with Crippen molar-refractivity contribution in [2.75, 3.05) is 20.2 Å². The van der Waals surface area contributed by atoms with Crippen LogP contribution >= 0.6 is 0 Å². The molecule has 3 N–H and O–H groups in total. The minimum absolute atomic E-state index is 0.215. The standard InChI is InChI=1S/C7H16N2O2/c1-9(11)5-3-2-4-7(9,8)6-10/h10H,2-6,8H2,1H3. The minimum atomic E-state index is -0.946. The number of likely N-dealkylation sites (N-methyl/N-ethyl adjacent to an activating group) is 1. The van der Waals surface area contributed by atoms with Crippen molar-refractivity contribution >= 4 is 0 Å². The Hall–Kier alpha value is -0.160. The molecule has 0 aromatic carbocycles. The van der Waals surface area contributed by atoms with E-state index in [-0.39, 0.29) is 6.61 Å². The Morgan fingerprint density at radius 1 is 1.64 bits per heavy atom. The normalized spacial score (nSPS) is 45.8. The molecule has 1 fully saturated rings. The summed E-state index contributed by atoms with van der Waals surface area (Å²) in [6.45, 7) is 0.310. The molecule has 2 atom stereocenters. The molecule has 0 saturated carbocycles. The largest absolute Gasteiger partial charge is 0.632 e. The summed E-state index contributed by atoms with van der Waals surface area (Å²) < 4.78 is -0.497. The number of aliphatic hydroxyl groups is 1. The number of likely N-dealkylation sites (tertiary alicyclic amines) is 1.